The molecule has 0 aliphatic heterocycles. The summed E-state index contributed by atoms with van der Waals surface area (Å²) in [6, 6.07) is 15.4. The van der Waals surface area contributed by atoms with Crippen molar-refractivity contribution in [1.82, 2.24) is 0 Å². The van der Waals surface area contributed by atoms with E-state index < -0.39 is 0 Å². The molecule has 0 fully saturated rings. The van der Waals surface area contributed by atoms with Crippen molar-refractivity contribution in [3.05, 3.63) is 63.2 Å². The lowest BCUT2D eigenvalue weighted by atomic mass is 10.0. The molecule has 0 spiro atoms. The highest BCUT2D eigenvalue weighted by Gasteiger charge is 2.18. The zero-order valence-corrected chi connectivity index (χ0v) is 12.9. The minimum atomic E-state index is -0.00605. The van der Waals surface area contributed by atoms with Crippen molar-refractivity contribution in [3.8, 4) is 0 Å². The van der Waals surface area contributed by atoms with Gasteiger partial charge in [-0.2, -0.15) is 0 Å². The first-order valence-electron chi connectivity index (χ1n) is 5.74. The van der Waals surface area contributed by atoms with Gasteiger partial charge in [-0.25, -0.2) is 0 Å². The van der Waals surface area contributed by atoms with E-state index in [9.17, 15) is 4.79 Å². The summed E-state index contributed by atoms with van der Waals surface area (Å²) in [4.78, 5) is 12.6. The molecule has 3 aromatic rings. The molecule has 3 rings (SSSR count). The van der Waals surface area contributed by atoms with E-state index in [1.165, 1.54) is 11.3 Å². The lowest BCUT2D eigenvalue weighted by Gasteiger charge is -2.02. The Balaban J connectivity index is 2.19. The molecule has 0 saturated carbocycles. The molecule has 0 atom stereocenters. The minimum Gasteiger partial charge on any atom is -0.390 e. The Morgan fingerprint density at radius 3 is 2.68 bits per heavy atom. The van der Waals surface area contributed by atoms with E-state index >= 15 is 0 Å². The number of thiophene rings is 1. The van der Waals surface area contributed by atoms with E-state index in [4.69, 9.17) is 5.73 Å². The number of carbonyl (C=O) groups excluding carboxylic acids is 1. The molecule has 2 aromatic carbocycles. The molecule has 0 radical (unpaired) electrons. The largest absolute Gasteiger partial charge is 0.390 e. The zero-order valence-electron chi connectivity index (χ0n) is 9.89. The molecular formula is C15H10INOS. The maximum atomic E-state index is 12.6. The first-order valence-corrected chi connectivity index (χ1v) is 7.63. The Bertz CT molecular complexity index is 779. The Morgan fingerprint density at radius 2 is 1.89 bits per heavy atom. The molecule has 94 valence electrons. The van der Waals surface area contributed by atoms with Gasteiger partial charge in [-0.1, -0.05) is 30.3 Å². The molecule has 1 heterocycles. The van der Waals surface area contributed by atoms with Crippen molar-refractivity contribution in [2.75, 3.05) is 5.73 Å². The number of hydrogen-bond donors (Lipinski definition) is 1. The number of nitrogen functional groups attached to an aromatic ring is 1. The monoisotopic (exact) mass is 379 g/mol. The number of carbonyl (C=O) groups is 1. The van der Waals surface area contributed by atoms with Crippen LogP contribution in [0.5, 0.6) is 0 Å². The third-order valence-corrected chi connectivity index (χ3v) is 4.61. The fourth-order valence-electron chi connectivity index (χ4n) is 2.07. The van der Waals surface area contributed by atoms with E-state index in [1.807, 2.05) is 48.5 Å². The topological polar surface area (TPSA) is 43.1 Å². The van der Waals surface area contributed by atoms with Crippen LogP contribution in [0.15, 0.2) is 48.5 Å². The number of fused-ring (bicyclic) bond motifs is 1. The highest BCUT2D eigenvalue weighted by atomic mass is 127. The Kier molecular flexibility index (Phi) is 3.28. The molecule has 0 aliphatic carbocycles. The predicted molar refractivity (Wildman–Crippen MR) is 88.8 cm³/mol. The summed E-state index contributed by atoms with van der Waals surface area (Å²) in [6.45, 7) is 0. The summed E-state index contributed by atoms with van der Waals surface area (Å²) < 4.78 is 2.09. The zero-order chi connectivity index (χ0) is 13.4. The number of benzene rings is 2. The lowest BCUT2D eigenvalue weighted by Crippen LogP contribution is -2.03. The van der Waals surface area contributed by atoms with Gasteiger partial charge in [-0.15, -0.1) is 11.3 Å². The number of hydrogen-bond acceptors (Lipinski definition) is 3. The lowest BCUT2D eigenvalue weighted by molar-refractivity contribution is 0.104. The number of rotatable bonds is 2. The van der Waals surface area contributed by atoms with Crippen molar-refractivity contribution >= 4 is 54.8 Å². The van der Waals surface area contributed by atoms with Gasteiger partial charge in [0.1, 0.15) is 0 Å². The standard InChI is InChI=1S/C15H10INOS/c16-10-5-3-4-9(8-10)14(18)13-11-6-1-2-7-12(11)19-15(13)17/h1-8H,17H2. The minimum absolute atomic E-state index is 0.00605. The molecule has 19 heavy (non-hydrogen) atoms. The number of anilines is 1. The second-order valence-electron chi connectivity index (χ2n) is 4.18. The Hall–Kier alpha value is -1.40. The normalized spacial score (nSPS) is 10.8. The Labute approximate surface area is 128 Å². The number of halogens is 1. The molecule has 2 nitrogen and oxygen atoms in total. The molecule has 0 aliphatic rings. The molecule has 0 bridgehead atoms. The quantitative estimate of drug-likeness (QED) is 0.533. The average molecular weight is 379 g/mol. The van der Waals surface area contributed by atoms with Crippen LogP contribution in [0.4, 0.5) is 5.00 Å². The van der Waals surface area contributed by atoms with Crippen molar-refractivity contribution in [2.45, 2.75) is 0 Å². The molecule has 0 unspecified atom stereocenters. The van der Waals surface area contributed by atoms with Gasteiger partial charge >= 0.3 is 0 Å². The van der Waals surface area contributed by atoms with Crippen LogP contribution in [-0.2, 0) is 0 Å². The Morgan fingerprint density at radius 1 is 1.11 bits per heavy atom. The number of ketones is 1. The van der Waals surface area contributed by atoms with E-state index in [1.54, 1.807) is 0 Å². The van der Waals surface area contributed by atoms with Gasteiger partial charge in [0.2, 0.25) is 0 Å². The van der Waals surface area contributed by atoms with Crippen molar-refractivity contribution in [3.63, 3.8) is 0 Å². The molecular weight excluding hydrogens is 369 g/mol. The van der Waals surface area contributed by atoms with Crippen LogP contribution < -0.4 is 5.73 Å². The van der Waals surface area contributed by atoms with E-state index in [-0.39, 0.29) is 5.78 Å². The van der Waals surface area contributed by atoms with E-state index in [2.05, 4.69) is 22.6 Å². The predicted octanol–water partition coefficient (Wildman–Crippen LogP) is 4.32. The van der Waals surface area contributed by atoms with Gasteiger partial charge in [0.05, 0.1) is 10.6 Å². The van der Waals surface area contributed by atoms with Gasteiger partial charge < -0.3 is 5.73 Å². The maximum absolute atomic E-state index is 12.6. The second-order valence-corrected chi connectivity index (χ2v) is 6.51. The van der Waals surface area contributed by atoms with Gasteiger partial charge in [0, 0.05) is 19.2 Å². The van der Waals surface area contributed by atoms with Crippen LogP contribution in [0.1, 0.15) is 15.9 Å². The smallest absolute Gasteiger partial charge is 0.196 e. The third-order valence-electron chi connectivity index (χ3n) is 2.94. The average Bonchev–Trinajstić information content (AvgIpc) is 2.74. The summed E-state index contributed by atoms with van der Waals surface area (Å²) in [7, 11) is 0. The van der Waals surface area contributed by atoms with Gasteiger partial charge in [-0.05, 0) is 40.8 Å². The second kappa shape index (κ2) is 4.94. The summed E-state index contributed by atoms with van der Waals surface area (Å²) in [5.74, 6) is -0.00605. The van der Waals surface area contributed by atoms with Crippen molar-refractivity contribution in [1.29, 1.82) is 0 Å². The molecule has 0 amide bonds. The summed E-state index contributed by atoms with van der Waals surface area (Å²) in [5.41, 5.74) is 7.34. The molecule has 1 aromatic heterocycles. The van der Waals surface area contributed by atoms with Crippen LogP contribution in [0.2, 0.25) is 0 Å². The fourth-order valence-corrected chi connectivity index (χ4v) is 3.58. The van der Waals surface area contributed by atoms with E-state index in [0.717, 1.165) is 13.7 Å². The summed E-state index contributed by atoms with van der Waals surface area (Å²) in [5, 5.41) is 1.53. The van der Waals surface area contributed by atoms with Crippen LogP contribution >= 0.6 is 33.9 Å². The SMILES string of the molecule is Nc1sc2ccccc2c1C(=O)c1cccc(I)c1. The third kappa shape index (κ3) is 2.26. The van der Waals surface area contributed by atoms with Crippen LogP contribution in [0, 0.1) is 3.57 Å². The maximum Gasteiger partial charge on any atom is 0.196 e. The van der Waals surface area contributed by atoms with Gasteiger partial charge in [0.25, 0.3) is 0 Å². The summed E-state index contributed by atoms with van der Waals surface area (Å²) in [6.07, 6.45) is 0. The van der Waals surface area contributed by atoms with E-state index in [0.29, 0.717) is 16.1 Å². The van der Waals surface area contributed by atoms with Crippen LogP contribution in [0.25, 0.3) is 10.1 Å². The molecule has 0 saturated heterocycles. The molecule has 2 N–H and O–H groups in total. The van der Waals surface area contributed by atoms with Crippen molar-refractivity contribution < 1.29 is 4.79 Å². The number of nitrogens with two attached hydrogens (primary N) is 1. The first-order chi connectivity index (χ1) is 9.16. The van der Waals surface area contributed by atoms with Crippen LogP contribution in [0.3, 0.4) is 0 Å². The summed E-state index contributed by atoms with van der Waals surface area (Å²) >= 11 is 3.66. The highest BCUT2D eigenvalue weighted by molar-refractivity contribution is 14.1. The van der Waals surface area contributed by atoms with Crippen molar-refractivity contribution in [2.24, 2.45) is 0 Å². The van der Waals surface area contributed by atoms with Crippen LogP contribution in [-0.4, -0.2) is 5.78 Å². The fraction of sp³-hybridized carbons (Fsp3) is 0. The molecule has 4 heteroatoms. The van der Waals surface area contributed by atoms with Gasteiger partial charge in [0.15, 0.2) is 5.78 Å². The van der Waals surface area contributed by atoms with Gasteiger partial charge in [-0.3, -0.25) is 4.79 Å². The first kappa shape index (κ1) is 12.6. The highest BCUT2D eigenvalue weighted by Crippen LogP contribution is 2.34.